The Morgan fingerprint density at radius 2 is 1.80 bits per heavy atom. The first-order valence-corrected chi connectivity index (χ1v) is 9.22. The number of carboxylic acids is 1. The summed E-state index contributed by atoms with van der Waals surface area (Å²) in [5.74, 6) is 0.155. The Morgan fingerprint density at radius 1 is 1.16 bits per heavy atom. The summed E-state index contributed by atoms with van der Waals surface area (Å²) in [6.07, 6.45) is 4.20. The predicted molar refractivity (Wildman–Crippen MR) is 94.5 cm³/mol. The van der Waals surface area contributed by atoms with Crippen molar-refractivity contribution in [2.45, 2.75) is 51.5 Å². The van der Waals surface area contributed by atoms with Gasteiger partial charge in [0, 0.05) is 6.04 Å². The lowest BCUT2D eigenvalue weighted by Gasteiger charge is -2.52. The molecule has 1 aromatic rings. The first kappa shape index (κ1) is 17.8. The monoisotopic (exact) mass is 345 g/mol. The van der Waals surface area contributed by atoms with Gasteiger partial charge in [0.2, 0.25) is 0 Å². The van der Waals surface area contributed by atoms with Crippen LogP contribution < -0.4 is 10.1 Å². The number of nitrogens with one attached hydrogen (secondary N) is 1. The number of carboxylic acid groups (broad SMARTS) is 1. The van der Waals surface area contributed by atoms with E-state index in [0.29, 0.717) is 17.6 Å². The molecule has 1 amide bonds. The molecule has 5 heteroatoms. The lowest BCUT2D eigenvalue weighted by molar-refractivity contribution is -0.158. The zero-order chi connectivity index (χ0) is 18.0. The minimum atomic E-state index is -0.793. The number of ether oxygens (including phenoxy) is 1. The van der Waals surface area contributed by atoms with Crippen LogP contribution in [0, 0.1) is 17.8 Å². The molecule has 2 saturated carbocycles. The largest absolute Gasteiger partial charge is 0.484 e. The van der Waals surface area contributed by atoms with Gasteiger partial charge >= 0.3 is 5.97 Å². The Morgan fingerprint density at radius 3 is 2.40 bits per heavy atom. The molecule has 0 saturated heterocycles. The predicted octanol–water partition coefficient (Wildman–Crippen LogP) is 3.19. The number of carbonyl (C=O) groups is 2. The lowest BCUT2D eigenvalue weighted by Crippen LogP contribution is -2.63. The minimum Gasteiger partial charge on any atom is -0.484 e. The van der Waals surface area contributed by atoms with Crippen LogP contribution in [0.15, 0.2) is 24.3 Å². The number of carbonyl (C=O) groups excluding carboxylic acids is 1. The lowest BCUT2D eigenvalue weighted by atomic mass is 9.55. The summed E-state index contributed by atoms with van der Waals surface area (Å²) in [6, 6.07) is 7.47. The standard InChI is InChI=1S/C20H27NO4/c1-12(2)13-7-9-14(10-8-13)25-11-17(22)21-19-16-6-4-3-5-15(16)18(19)20(23)24/h7-10,12,15-16,18-19H,3-6,11H2,1-2H3,(H,21,22)(H,23,24). The molecule has 0 bridgehead atoms. The van der Waals surface area contributed by atoms with Crippen LogP contribution in [0.3, 0.4) is 0 Å². The summed E-state index contributed by atoms with van der Waals surface area (Å²) in [5.41, 5.74) is 1.22. The molecular weight excluding hydrogens is 318 g/mol. The molecule has 0 aromatic heterocycles. The first-order valence-electron chi connectivity index (χ1n) is 9.22. The van der Waals surface area contributed by atoms with Crippen LogP contribution in [0.2, 0.25) is 0 Å². The average molecular weight is 345 g/mol. The summed E-state index contributed by atoms with van der Waals surface area (Å²) in [7, 11) is 0. The highest BCUT2D eigenvalue weighted by atomic mass is 16.5. The second-order valence-corrected chi connectivity index (χ2v) is 7.58. The van der Waals surface area contributed by atoms with Crippen LogP contribution in [0.1, 0.15) is 51.0 Å². The number of benzene rings is 1. The molecule has 2 aliphatic rings. The average Bonchev–Trinajstić information content (AvgIpc) is 2.58. The van der Waals surface area contributed by atoms with Gasteiger partial charge < -0.3 is 15.2 Å². The second kappa shape index (κ2) is 7.46. The maximum absolute atomic E-state index is 12.2. The highest BCUT2D eigenvalue weighted by Gasteiger charge is 2.54. The number of fused-ring (bicyclic) bond motifs is 1. The van der Waals surface area contributed by atoms with Gasteiger partial charge in [0.05, 0.1) is 5.92 Å². The van der Waals surface area contributed by atoms with E-state index >= 15 is 0 Å². The van der Waals surface area contributed by atoms with Gasteiger partial charge in [-0.1, -0.05) is 38.8 Å². The van der Waals surface area contributed by atoms with E-state index in [4.69, 9.17) is 4.74 Å². The highest BCUT2D eigenvalue weighted by Crippen LogP contribution is 2.49. The van der Waals surface area contributed by atoms with Crippen molar-refractivity contribution < 1.29 is 19.4 Å². The van der Waals surface area contributed by atoms with Gasteiger partial charge in [-0.05, 0) is 48.3 Å². The Bertz CT molecular complexity index is 625. The molecule has 4 unspecified atom stereocenters. The normalized spacial score (nSPS) is 28.0. The molecule has 4 atom stereocenters. The van der Waals surface area contributed by atoms with Gasteiger partial charge in [0.25, 0.3) is 5.91 Å². The number of amides is 1. The number of aliphatic carboxylic acids is 1. The fourth-order valence-corrected chi connectivity index (χ4v) is 4.33. The van der Waals surface area contributed by atoms with E-state index in [1.54, 1.807) is 0 Å². The molecule has 3 rings (SSSR count). The van der Waals surface area contributed by atoms with E-state index in [0.717, 1.165) is 25.7 Å². The van der Waals surface area contributed by atoms with Crippen LogP contribution in [-0.4, -0.2) is 29.6 Å². The van der Waals surface area contributed by atoms with Crippen molar-refractivity contribution in [3.8, 4) is 5.75 Å². The summed E-state index contributed by atoms with van der Waals surface area (Å²) in [6.45, 7) is 4.17. The van der Waals surface area contributed by atoms with Crippen molar-refractivity contribution in [1.82, 2.24) is 5.32 Å². The van der Waals surface area contributed by atoms with Gasteiger partial charge in [-0.2, -0.15) is 0 Å². The third-order valence-corrected chi connectivity index (χ3v) is 5.71. The Labute approximate surface area is 148 Å². The zero-order valence-corrected chi connectivity index (χ0v) is 14.9. The SMILES string of the molecule is CC(C)c1ccc(OCC(=O)NC2C3CCCCC3C2C(=O)O)cc1. The summed E-state index contributed by atoms with van der Waals surface area (Å²) >= 11 is 0. The Balaban J connectivity index is 1.52. The van der Waals surface area contributed by atoms with E-state index in [-0.39, 0.29) is 24.5 Å². The van der Waals surface area contributed by atoms with Gasteiger partial charge in [0.15, 0.2) is 6.61 Å². The highest BCUT2D eigenvalue weighted by molar-refractivity contribution is 5.80. The summed E-state index contributed by atoms with van der Waals surface area (Å²) in [4.78, 5) is 23.7. The quantitative estimate of drug-likeness (QED) is 0.830. The molecule has 2 fully saturated rings. The first-order chi connectivity index (χ1) is 12.0. The third kappa shape index (κ3) is 3.80. The van der Waals surface area contributed by atoms with Crippen LogP contribution in [0.4, 0.5) is 0 Å². The summed E-state index contributed by atoms with van der Waals surface area (Å²) < 4.78 is 5.54. The molecule has 2 aliphatic carbocycles. The van der Waals surface area contributed by atoms with Crippen molar-refractivity contribution >= 4 is 11.9 Å². The van der Waals surface area contributed by atoms with Crippen molar-refractivity contribution in [3.63, 3.8) is 0 Å². The number of rotatable bonds is 6. The molecule has 1 aromatic carbocycles. The fourth-order valence-electron chi connectivity index (χ4n) is 4.33. The zero-order valence-electron chi connectivity index (χ0n) is 14.9. The third-order valence-electron chi connectivity index (χ3n) is 5.71. The smallest absolute Gasteiger partial charge is 0.308 e. The van der Waals surface area contributed by atoms with Crippen LogP contribution in [-0.2, 0) is 9.59 Å². The topological polar surface area (TPSA) is 75.6 Å². The molecule has 5 nitrogen and oxygen atoms in total. The van der Waals surface area contributed by atoms with Crippen molar-refractivity contribution in [2.24, 2.45) is 17.8 Å². The molecule has 0 heterocycles. The molecule has 0 spiro atoms. The maximum atomic E-state index is 12.2. The van der Waals surface area contributed by atoms with Crippen LogP contribution in [0.5, 0.6) is 5.75 Å². The van der Waals surface area contributed by atoms with E-state index in [1.807, 2.05) is 24.3 Å². The van der Waals surface area contributed by atoms with E-state index < -0.39 is 11.9 Å². The van der Waals surface area contributed by atoms with E-state index in [9.17, 15) is 14.7 Å². The molecule has 2 N–H and O–H groups in total. The Kier molecular flexibility index (Phi) is 5.30. The van der Waals surface area contributed by atoms with Crippen molar-refractivity contribution in [2.75, 3.05) is 6.61 Å². The molecule has 0 aliphatic heterocycles. The van der Waals surface area contributed by atoms with Gasteiger partial charge in [-0.3, -0.25) is 9.59 Å². The van der Waals surface area contributed by atoms with E-state index in [1.165, 1.54) is 5.56 Å². The van der Waals surface area contributed by atoms with Crippen molar-refractivity contribution in [3.05, 3.63) is 29.8 Å². The molecule has 0 radical (unpaired) electrons. The van der Waals surface area contributed by atoms with E-state index in [2.05, 4.69) is 19.2 Å². The molecule has 136 valence electrons. The van der Waals surface area contributed by atoms with Crippen LogP contribution in [0.25, 0.3) is 0 Å². The number of hydrogen-bond donors (Lipinski definition) is 2. The minimum absolute atomic E-state index is 0.0821. The maximum Gasteiger partial charge on any atom is 0.308 e. The van der Waals surface area contributed by atoms with Gasteiger partial charge in [-0.15, -0.1) is 0 Å². The Hall–Kier alpha value is -2.04. The van der Waals surface area contributed by atoms with Gasteiger partial charge in [0.1, 0.15) is 5.75 Å². The fraction of sp³-hybridized carbons (Fsp3) is 0.600. The summed E-state index contributed by atoms with van der Waals surface area (Å²) in [5, 5.41) is 12.4. The van der Waals surface area contributed by atoms with Crippen LogP contribution >= 0.6 is 0 Å². The second-order valence-electron chi connectivity index (χ2n) is 7.58. The number of hydrogen-bond acceptors (Lipinski definition) is 3. The molecule has 25 heavy (non-hydrogen) atoms. The molecular formula is C20H27NO4. The van der Waals surface area contributed by atoms with Gasteiger partial charge in [-0.25, -0.2) is 0 Å². The van der Waals surface area contributed by atoms with Crippen molar-refractivity contribution in [1.29, 1.82) is 0 Å².